The molecule has 0 aliphatic carbocycles. The van der Waals surface area contributed by atoms with Crippen LogP contribution in [0.25, 0.3) is 0 Å². The third-order valence-corrected chi connectivity index (χ3v) is 3.87. The summed E-state index contributed by atoms with van der Waals surface area (Å²) in [5.74, 6) is 2.53. The third-order valence-electron chi connectivity index (χ3n) is 3.87. The number of rotatable bonds is 6. The Labute approximate surface area is 127 Å². The summed E-state index contributed by atoms with van der Waals surface area (Å²) < 4.78 is 10.7. The van der Waals surface area contributed by atoms with Crippen LogP contribution in [0, 0.1) is 5.92 Å². The Morgan fingerprint density at radius 3 is 2.67 bits per heavy atom. The Hall–Kier alpha value is -1.71. The molecule has 0 saturated carbocycles. The van der Waals surface area contributed by atoms with Gasteiger partial charge in [0.25, 0.3) is 0 Å². The number of piperidine rings is 1. The van der Waals surface area contributed by atoms with Crippen LogP contribution in [-0.2, 0) is 4.79 Å². The molecular weight excluding hydrogens is 266 g/mol. The minimum atomic E-state index is 0.264. The molecule has 1 aliphatic rings. The second kappa shape index (κ2) is 7.91. The van der Waals surface area contributed by atoms with E-state index in [4.69, 9.17) is 9.47 Å². The van der Waals surface area contributed by atoms with Gasteiger partial charge in [0.1, 0.15) is 11.5 Å². The van der Waals surface area contributed by atoms with Crippen LogP contribution in [-0.4, -0.2) is 37.6 Å². The molecule has 0 N–H and O–H groups in total. The van der Waals surface area contributed by atoms with Crippen molar-refractivity contribution in [3.63, 3.8) is 0 Å². The number of hydrogen-bond donors (Lipinski definition) is 0. The maximum absolute atomic E-state index is 12.1. The fourth-order valence-corrected chi connectivity index (χ4v) is 2.66. The molecule has 21 heavy (non-hydrogen) atoms. The first-order chi connectivity index (χ1) is 10.2. The molecule has 116 valence electrons. The van der Waals surface area contributed by atoms with Crippen LogP contribution >= 0.6 is 0 Å². The number of carbonyl (C=O) groups excluding carboxylic acids is 1. The molecule has 1 aliphatic heterocycles. The molecule has 1 saturated heterocycles. The molecule has 1 amide bonds. The number of amides is 1. The molecule has 1 aromatic carbocycles. The molecule has 1 aromatic rings. The van der Waals surface area contributed by atoms with E-state index in [2.05, 4.69) is 6.92 Å². The highest BCUT2D eigenvalue weighted by Crippen LogP contribution is 2.18. The molecule has 1 atom stereocenters. The van der Waals surface area contributed by atoms with Crippen LogP contribution in [0.3, 0.4) is 0 Å². The molecular formula is C17H25NO3. The zero-order chi connectivity index (χ0) is 15.1. The quantitative estimate of drug-likeness (QED) is 0.756. The van der Waals surface area contributed by atoms with E-state index < -0.39 is 0 Å². The number of ether oxygens (including phenoxy) is 2. The van der Waals surface area contributed by atoms with Gasteiger partial charge in [0, 0.05) is 19.5 Å². The fraction of sp³-hybridized carbons (Fsp3) is 0.588. The number of carbonyl (C=O) groups is 1. The highest BCUT2D eigenvalue weighted by Gasteiger charge is 2.20. The Kier molecular flexibility index (Phi) is 5.90. The molecule has 1 fully saturated rings. The van der Waals surface area contributed by atoms with Crippen molar-refractivity contribution in [1.82, 2.24) is 4.90 Å². The van der Waals surface area contributed by atoms with Crippen molar-refractivity contribution in [2.45, 2.75) is 32.6 Å². The zero-order valence-electron chi connectivity index (χ0n) is 13.0. The summed E-state index contributed by atoms with van der Waals surface area (Å²) in [6, 6.07) is 7.51. The average molecular weight is 291 g/mol. The SMILES string of the molecule is COc1ccc(OCCCC(=O)N2CCC[C@H](C)C2)cc1. The van der Waals surface area contributed by atoms with E-state index >= 15 is 0 Å². The lowest BCUT2D eigenvalue weighted by molar-refractivity contribution is -0.133. The van der Waals surface area contributed by atoms with E-state index in [0.717, 1.165) is 37.4 Å². The van der Waals surface area contributed by atoms with Crippen molar-refractivity contribution in [3.05, 3.63) is 24.3 Å². The summed E-state index contributed by atoms with van der Waals surface area (Å²) >= 11 is 0. The third kappa shape index (κ3) is 4.96. The van der Waals surface area contributed by atoms with Crippen molar-refractivity contribution in [2.24, 2.45) is 5.92 Å². The van der Waals surface area contributed by atoms with E-state index in [0.29, 0.717) is 18.9 Å². The fourth-order valence-electron chi connectivity index (χ4n) is 2.66. The van der Waals surface area contributed by atoms with Gasteiger partial charge in [-0.25, -0.2) is 0 Å². The Bertz CT molecular complexity index is 444. The van der Waals surface area contributed by atoms with Gasteiger partial charge in [0.15, 0.2) is 0 Å². The second-order valence-corrected chi connectivity index (χ2v) is 5.71. The van der Waals surface area contributed by atoms with E-state index in [9.17, 15) is 4.79 Å². The van der Waals surface area contributed by atoms with Gasteiger partial charge in [-0.05, 0) is 49.4 Å². The highest BCUT2D eigenvalue weighted by molar-refractivity contribution is 5.76. The van der Waals surface area contributed by atoms with Gasteiger partial charge < -0.3 is 14.4 Å². The normalized spacial score (nSPS) is 18.4. The van der Waals surface area contributed by atoms with Gasteiger partial charge in [-0.2, -0.15) is 0 Å². The molecule has 0 radical (unpaired) electrons. The van der Waals surface area contributed by atoms with Crippen LogP contribution < -0.4 is 9.47 Å². The Balaban J connectivity index is 1.65. The minimum absolute atomic E-state index is 0.264. The van der Waals surface area contributed by atoms with Crippen molar-refractivity contribution >= 4 is 5.91 Å². The van der Waals surface area contributed by atoms with Gasteiger partial charge >= 0.3 is 0 Å². The van der Waals surface area contributed by atoms with E-state index in [1.807, 2.05) is 29.2 Å². The molecule has 0 unspecified atom stereocenters. The molecule has 4 nitrogen and oxygen atoms in total. The van der Waals surface area contributed by atoms with Gasteiger partial charge in [0.05, 0.1) is 13.7 Å². The van der Waals surface area contributed by atoms with Crippen LogP contribution in [0.4, 0.5) is 0 Å². The first kappa shape index (κ1) is 15.7. The van der Waals surface area contributed by atoms with Crippen LogP contribution in [0.5, 0.6) is 11.5 Å². The first-order valence-electron chi connectivity index (χ1n) is 7.73. The topological polar surface area (TPSA) is 38.8 Å². The van der Waals surface area contributed by atoms with Crippen LogP contribution in [0.15, 0.2) is 24.3 Å². The maximum Gasteiger partial charge on any atom is 0.222 e. The van der Waals surface area contributed by atoms with Crippen molar-refractivity contribution in [3.8, 4) is 11.5 Å². The van der Waals surface area contributed by atoms with Gasteiger partial charge in [-0.3, -0.25) is 4.79 Å². The van der Waals surface area contributed by atoms with Crippen molar-refractivity contribution < 1.29 is 14.3 Å². The zero-order valence-corrected chi connectivity index (χ0v) is 13.0. The van der Waals surface area contributed by atoms with Gasteiger partial charge in [-0.15, -0.1) is 0 Å². The van der Waals surface area contributed by atoms with Crippen molar-refractivity contribution in [2.75, 3.05) is 26.8 Å². The summed E-state index contributed by atoms with van der Waals surface area (Å²) in [5, 5.41) is 0. The molecule has 1 heterocycles. The van der Waals surface area contributed by atoms with E-state index in [1.54, 1.807) is 7.11 Å². The highest BCUT2D eigenvalue weighted by atomic mass is 16.5. The smallest absolute Gasteiger partial charge is 0.222 e. The summed E-state index contributed by atoms with van der Waals surface area (Å²) in [6.45, 7) is 4.62. The monoisotopic (exact) mass is 291 g/mol. The summed E-state index contributed by atoms with van der Waals surface area (Å²) in [6.07, 6.45) is 3.71. The molecule has 2 rings (SSSR count). The lowest BCUT2D eigenvalue weighted by Gasteiger charge is -2.31. The second-order valence-electron chi connectivity index (χ2n) is 5.71. The lowest BCUT2D eigenvalue weighted by atomic mass is 10.00. The summed E-state index contributed by atoms with van der Waals surface area (Å²) in [5.41, 5.74) is 0. The number of nitrogens with zero attached hydrogens (tertiary/aromatic N) is 1. The Morgan fingerprint density at radius 2 is 2.00 bits per heavy atom. The molecule has 0 aromatic heterocycles. The lowest BCUT2D eigenvalue weighted by Crippen LogP contribution is -2.39. The van der Waals surface area contributed by atoms with Crippen molar-refractivity contribution in [1.29, 1.82) is 0 Å². The predicted octanol–water partition coefficient (Wildman–Crippen LogP) is 3.11. The van der Waals surface area contributed by atoms with E-state index in [-0.39, 0.29) is 5.91 Å². The molecule has 0 bridgehead atoms. The standard InChI is InChI=1S/C17H25NO3/c1-14-5-3-11-18(13-14)17(19)6-4-12-21-16-9-7-15(20-2)8-10-16/h7-10,14H,3-6,11-13H2,1-2H3/t14-/m0/s1. The van der Waals surface area contributed by atoms with E-state index in [1.165, 1.54) is 6.42 Å². The average Bonchev–Trinajstić information content (AvgIpc) is 2.52. The minimum Gasteiger partial charge on any atom is -0.497 e. The van der Waals surface area contributed by atoms with Crippen LogP contribution in [0.2, 0.25) is 0 Å². The molecule has 0 spiro atoms. The Morgan fingerprint density at radius 1 is 1.29 bits per heavy atom. The number of methoxy groups -OCH3 is 1. The molecule has 4 heteroatoms. The van der Waals surface area contributed by atoms with Gasteiger partial charge in [-0.1, -0.05) is 6.92 Å². The first-order valence-corrected chi connectivity index (χ1v) is 7.73. The number of benzene rings is 1. The summed E-state index contributed by atoms with van der Waals surface area (Å²) in [7, 11) is 1.64. The van der Waals surface area contributed by atoms with Crippen LogP contribution in [0.1, 0.15) is 32.6 Å². The van der Waals surface area contributed by atoms with Gasteiger partial charge in [0.2, 0.25) is 5.91 Å². The maximum atomic E-state index is 12.1. The number of likely N-dealkylation sites (tertiary alicyclic amines) is 1. The summed E-state index contributed by atoms with van der Waals surface area (Å²) in [4.78, 5) is 14.1. The largest absolute Gasteiger partial charge is 0.497 e. The predicted molar refractivity (Wildman–Crippen MR) is 82.7 cm³/mol. The number of hydrogen-bond acceptors (Lipinski definition) is 3.